The maximum atomic E-state index is 11.2. The van der Waals surface area contributed by atoms with Crippen LogP contribution in [0.4, 0.5) is 11.4 Å². The molecule has 1 aromatic rings. The van der Waals surface area contributed by atoms with Crippen LogP contribution in [0.5, 0.6) is 5.75 Å². The normalized spacial score (nSPS) is 25.6. The summed E-state index contributed by atoms with van der Waals surface area (Å²) in [4.78, 5) is 11.2. The number of halogens is 1. The molecule has 0 spiro atoms. The van der Waals surface area contributed by atoms with E-state index in [2.05, 4.69) is 17.6 Å². The maximum Gasteiger partial charge on any atom is 0.262 e. The summed E-state index contributed by atoms with van der Waals surface area (Å²) in [5, 5.41) is 6.76. The van der Waals surface area contributed by atoms with E-state index in [1.165, 1.54) is 12.8 Å². The topological polar surface area (TPSA) is 50.4 Å². The quantitative estimate of drug-likeness (QED) is 0.865. The summed E-state index contributed by atoms with van der Waals surface area (Å²) in [5.74, 6) is 1.32. The standard InChI is InChI=1S/C13H15ClN2O2/c1-7-2-8(3-7)15-10-5-12-11(4-9(10)14)16-13(17)6-18-12/h4-5,7-8,15H,2-3,6H2,1H3,(H,16,17). The fourth-order valence-corrected chi connectivity index (χ4v) is 2.67. The average Bonchev–Trinajstić information content (AvgIpc) is 2.28. The molecule has 2 N–H and O–H groups in total. The SMILES string of the molecule is CC1CC(Nc2cc3c(cc2Cl)NC(=O)CO3)C1. The highest BCUT2D eigenvalue weighted by molar-refractivity contribution is 6.33. The van der Waals surface area contributed by atoms with Crippen molar-refractivity contribution >= 4 is 28.9 Å². The fraction of sp³-hybridized carbons (Fsp3) is 0.462. The molecule has 0 atom stereocenters. The van der Waals surface area contributed by atoms with Gasteiger partial charge in [0.1, 0.15) is 5.75 Å². The van der Waals surface area contributed by atoms with Crippen LogP contribution in [0, 0.1) is 5.92 Å². The first-order valence-electron chi connectivity index (χ1n) is 6.14. The monoisotopic (exact) mass is 266 g/mol. The highest BCUT2D eigenvalue weighted by Gasteiger charge is 2.26. The smallest absolute Gasteiger partial charge is 0.262 e. The second-order valence-corrected chi connectivity index (χ2v) is 5.49. The molecule has 3 rings (SSSR count). The Bertz CT molecular complexity index is 498. The third-order valence-corrected chi connectivity index (χ3v) is 3.75. The van der Waals surface area contributed by atoms with Crippen LogP contribution >= 0.6 is 11.6 Å². The molecule has 96 valence electrons. The van der Waals surface area contributed by atoms with Gasteiger partial charge >= 0.3 is 0 Å². The van der Waals surface area contributed by atoms with Crippen LogP contribution in [0.15, 0.2) is 12.1 Å². The second kappa shape index (κ2) is 4.35. The molecule has 4 nitrogen and oxygen atoms in total. The molecule has 18 heavy (non-hydrogen) atoms. The van der Waals surface area contributed by atoms with Gasteiger partial charge in [0.15, 0.2) is 6.61 Å². The molecule has 0 saturated heterocycles. The predicted octanol–water partition coefficient (Wildman–Crippen LogP) is 2.88. The summed E-state index contributed by atoms with van der Waals surface area (Å²) < 4.78 is 5.38. The summed E-state index contributed by atoms with van der Waals surface area (Å²) in [6.07, 6.45) is 2.34. The molecular formula is C13H15ClN2O2. The molecule has 1 aliphatic carbocycles. The molecule has 1 aliphatic heterocycles. The number of anilines is 2. The second-order valence-electron chi connectivity index (χ2n) is 5.08. The van der Waals surface area contributed by atoms with Crippen molar-refractivity contribution in [1.82, 2.24) is 0 Å². The lowest BCUT2D eigenvalue weighted by Gasteiger charge is -2.34. The molecule has 1 heterocycles. The predicted molar refractivity (Wildman–Crippen MR) is 71.4 cm³/mol. The summed E-state index contributed by atoms with van der Waals surface area (Å²) >= 11 is 6.20. The lowest BCUT2D eigenvalue weighted by atomic mass is 9.82. The van der Waals surface area contributed by atoms with Crippen LogP contribution in [0.25, 0.3) is 0 Å². The van der Waals surface area contributed by atoms with Crippen LogP contribution in [0.3, 0.4) is 0 Å². The van der Waals surface area contributed by atoms with E-state index in [4.69, 9.17) is 16.3 Å². The van der Waals surface area contributed by atoms with Gasteiger partial charge in [0, 0.05) is 12.1 Å². The first kappa shape index (κ1) is 11.7. The lowest BCUT2D eigenvalue weighted by Crippen LogP contribution is -2.34. The molecule has 5 heteroatoms. The molecule has 1 saturated carbocycles. The summed E-state index contributed by atoms with van der Waals surface area (Å²) in [6, 6.07) is 4.09. The number of hydrogen-bond acceptors (Lipinski definition) is 3. The average molecular weight is 267 g/mol. The maximum absolute atomic E-state index is 11.2. The molecule has 0 radical (unpaired) electrons. The van der Waals surface area contributed by atoms with E-state index < -0.39 is 0 Å². The molecule has 1 amide bonds. The minimum Gasteiger partial charge on any atom is -0.482 e. The zero-order valence-corrected chi connectivity index (χ0v) is 10.9. The van der Waals surface area contributed by atoms with Crippen LogP contribution in [0.1, 0.15) is 19.8 Å². The summed E-state index contributed by atoms with van der Waals surface area (Å²) in [6.45, 7) is 2.31. The van der Waals surface area contributed by atoms with Gasteiger partial charge in [-0.25, -0.2) is 0 Å². The Morgan fingerprint density at radius 3 is 2.94 bits per heavy atom. The van der Waals surface area contributed by atoms with E-state index >= 15 is 0 Å². The number of nitrogens with one attached hydrogen (secondary N) is 2. The first-order valence-corrected chi connectivity index (χ1v) is 6.52. The number of rotatable bonds is 2. The van der Waals surface area contributed by atoms with Crippen molar-refractivity contribution in [1.29, 1.82) is 0 Å². The van der Waals surface area contributed by atoms with Crippen molar-refractivity contribution in [3.05, 3.63) is 17.2 Å². The van der Waals surface area contributed by atoms with Crippen molar-refractivity contribution in [2.24, 2.45) is 5.92 Å². The number of benzene rings is 1. The Morgan fingerprint density at radius 1 is 1.44 bits per heavy atom. The highest BCUT2D eigenvalue weighted by atomic mass is 35.5. The lowest BCUT2D eigenvalue weighted by molar-refractivity contribution is -0.118. The molecular weight excluding hydrogens is 252 g/mol. The number of carbonyl (C=O) groups is 1. The number of amides is 1. The van der Waals surface area contributed by atoms with Crippen molar-refractivity contribution in [3.8, 4) is 5.75 Å². The summed E-state index contributed by atoms with van der Waals surface area (Å²) in [5.41, 5.74) is 1.52. The van der Waals surface area contributed by atoms with E-state index in [0.717, 1.165) is 11.6 Å². The largest absolute Gasteiger partial charge is 0.482 e. The van der Waals surface area contributed by atoms with Gasteiger partial charge in [-0.15, -0.1) is 0 Å². The summed E-state index contributed by atoms with van der Waals surface area (Å²) in [7, 11) is 0. The minimum absolute atomic E-state index is 0.0640. The number of fused-ring (bicyclic) bond motifs is 1. The number of ether oxygens (including phenoxy) is 1. The van der Waals surface area contributed by atoms with Gasteiger partial charge in [-0.2, -0.15) is 0 Å². The van der Waals surface area contributed by atoms with Crippen molar-refractivity contribution in [2.45, 2.75) is 25.8 Å². The van der Waals surface area contributed by atoms with E-state index in [-0.39, 0.29) is 12.5 Å². The van der Waals surface area contributed by atoms with E-state index in [1.807, 2.05) is 6.07 Å². The third-order valence-electron chi connectivity index (χ3n) is 3.44. The van der Waals surface area contributed by atoms with Crippen LogP contribution in [-0.2, 0) is 4.79 Å². The van der Waals surface area contributed by atoms with Gasteiger partial charge in [-0.1, -0.05) is 18.5 Å². The van der Waals surface area contributed by atoms with Gasteiger partial charge < -0.3 is 15.4 Å². The van der Waals surface area contributed by atoms with Gasteiger partial charge in [0.05, 0.1) is 16.4 Å². The van der Waals surface area contributed by atoms with Crippen molar-refractivity contribution in [2.75, 3.05) is 17.2 Å². The Morgan fingerprint density at radius 2 is 2.22 bits per heavy atom. The molecule has 1 aromatic carbocycles. The van der Waals surface area contributed by atoms with Crippen LogP contribution in [0.2, 0.25) is 5.02 Å². The fourth-order valence-electron chi connectivity index (χ4n) is 2.45. The van der Waals surface area contributed by atoms with E-state index in [9.17, 15) is 4.79 Å². The molecule has 0 bridgehead atoms. The molecule has 2 aliphatic rings. The zero-order chi connectivity index (χ0) is 12.7. The Kier molecular flexibility index (Phi) is 2.82. The number of carbonyl (C=O) groups excluding carboxylic acids is 1. The Balaban J connectivity index is 1.81. The van der Waals surface area contributed by atoms with Gasteiger partial charge in [-0.3, -0.25) is 4.79 Å². The van der Waals surface area contributed by atoms with Crippen molar-refractivity contribution in [3.63, 3.8) is 0 Å². The number of hydrogen-bond donors (Lipinski definition) is 2. The van der Waals surface area contributed by atoms with E-state index in [1.54, 1.807) is 6.07 Å². The Hall–Kier alpha value is -1.42. The minimum atomic E-state index is -0.146. The highest BCUT2D eigenvalue weighted by Crippen LogP contribution is 2.38. The first-order chi connectivity index (χ1) is 8.61. The van der Waals surface area contributed by atoms with Gasteiger partial charge in [0.2, 0.25) is 0 Å². The van der Waals surface area contributed by atoms with Crippen LogP contribution in [-0.4, -0.2) is 18.6 Å². The van der Waals surface area contributed by atoms with Gasteiger partial charge in [0.25, 0.3) is 5.91 Å². The molecule has 1 fully saturated rings. The third kappa shape index (κ3) is 2.12. The van der Waals surface area contributed by atoms with E-state index in [0.29, 0.717) is 22.5 Å². The van der Waals surface area contributed by atoms with Crippen LogP contribution < -0.4 is 15.4 Å². The van der Waals surface area contributed by atoms with Gasteiger partial charge in [-0.05, 0) is 24.8 Å². The molecule has 0 unspecified atom stereocenters. The van der Waals surface area contributed by atoms with Crippen molar-refractivity contribution < 1.29 is 9.53 Å². The zero-order valence-electron chi connectivity index (χ0n) is 10.1. The molecule has 0 aromatic heterocycles. The Labute approximate surface area is 111 Å².